The molecule has 0 amide bonds. The lowest BCUT2D eigenvalue weighted by Crippen LogP contribution is -2.26. The molecule has 1 aliphatic heterocycles. The Hall–Kier alpha value is -1.28. The molecular weight excluding hydrogens is 246 g/mol. The lowest BCUT2D eigenvalue weighted by atomic mass is 9.88. The average Bonchev–Trinajstić information content (AvgIpc) is 2.42. The first-order valence-corrected chi connectivity index (χ1v) is 7.75. The number of rotatable bonds is 5. The van der Waals surface area contributed by atoms with Crippen molar-refractivity contribution in [3.63, 3.8) is 0 Å². The second-order valence-electron chi connectivity index (χ2n) is 5.87. The van der Waals surface area contributed by atoms with E-state index in [-0.39, 0.29) is 0 Å². The van der Waals surface area contributed by atoms with Crippen LogP contribution in [0.25, 0.3) is 0 Å². The second-order valence-corrected chi connectivity index (χ2v) is 5.87. The van der Waals surface area contributed by atoms with Gasteiger partial charge in [0.25, 0.3) is 0 Å². The second kappa shape index (κ2) is 6.94. The minimum absolute atomic E-state index is 0.302. The van der Waals surface area contributed by atoms with Gasteiger partial charge in [0.2, 0.25) is 0 Å². The van der Waals surface area contributed by atoms with Crippen LogP contribution in [-0.2, 0) is 4.74 Å². The zero-order valence-electron chi connectivity index (χ0n) is 13.3. The normalized spacial score (nSPS) is 16.5. The summed E-state index contributed by atoms with van der Waals surface area (Å²) in [6, 6.07) is 4.87. The Kier molecular flexibility index (Phi) is 5.24. The van der Waals surface area contributed by atoms with Crippen molar-refractivity contribution >= 4 is 0 Å². The zero-order valence-corrected chi connectivity index (χ0v) is 13.3. The number of benzene rings is 1. The number of aryl methyl sites for hydroxylation is 3. The van der Waals surface area contributed by atoms with Crippen LogP contribution in [0.3, 0.4) is 0 Å². The van der Waals surface area contributed by atoms with Crippen molar-refractivity contribution in [3.8, 4) is 0 Å². The van der Waals surface area contributed by atoms with Gasteiger partial charge in [0.15, 0.2) is 0 Å². The highest BCUT2D eigenvalue weighted by Crippen LogP contribution is 2.32. The van der Waals surface area contributed by atoms with Crippen molar-refractivity contribution in [2.24, 2.45) is 0 Å². The molecule has 0 aliphatic carbocycles. The van der Waals surface area contributed by atoms with Crippen LogP contribution in [0.2, 0.25) is 0 Å². The third-order valence-corrected chi connectivity index (χ3v) is 3.96. The number of nitrogens with one attached hydrogen (secondary N) is 1. The average molecular weight is 273 g/mol. The summed E-state index contributed by atoms with van der Waals surface area (Å²) < 4.78 is 5.57. The van der Waals surface area contributed by atoms with Gasteiger partial charge in [-0.1, -0.05) is 24.6 Å². The minimum Gasteiger partial charge on any atom is -0.501 e. The molecule has 0 fully saturated rings. The lowest BCUT2D eigenvalue weighted by molar-refractivity contribution is 0.219. The van der Waals surface area contributed by atoms with Crippen molar-refractivity contribution < 1.29 is 4.74 Å². The lowest BCUT2D eigenvalue weighted by Gasteiger charge is -2.27. The Labute approximate surface area is 123 Å². The first-order chi connectivity index (χ1) is 9.63. The van der Waals surface area contributed by atoms with E-state index >= 15 is 0 Å². The van der Waals surface area contributed by atoms with Gasteiger partial charge in [-0.15, -0.1) is 0 Å². The van der Waals surface area contributed by atoms with Gasteiger partial charge < -0.3 is 10.1 Å². The summed E-state index contributed by atoms with van der Waals surface area (Å²) in [6.07, 6.45) is 5.39. The predicted octanol–water partition coefficient (Wildman–Crippen LogP) is 4.35. The third kappa shape index (κ3) is 3.43. The van der Waals surface area contributed by atoms with Crippen LogP contribution in [0.4, 0.5) is 0 Å². The van der Waals surface area contributed by atoms with Gasteiger partial charge in [0, 0.05) is 0 Å². The summed E-state index contributed by atoms with van der Waals surface area (Å²) in [5.74, 6) is 0. The fraction of sp³-hybridized carbons (Fsp3) is 0.556. The molecule has 0 bridgehead atoms. The van der Waals surface area contributed by atoms with Crippen LogP contribution >= 0.6 is 0 Å². The molecular formula is C18H27NO. The molecule has 1 heterocycles. The zero-order chi connectivity index (χ0) is 14.5. The minimum atomic E-state index is 0.302. The van der Waals surface area contributed by atoms with Crippen LogP contribution < -0.4 is 5.32 Å². The molecule has 2 heteroatoms. The Bertz CT molecular complexity index is 467. The molecule has 1 unspecified atom stereocenters. The fourth-order valence-electron chi connectivity index (χ4n) is 3.15. The van der Waals surface area contributed by atoms with Gasteiger partial charge in [-0.05, 0) is 68.8 Å². The molecule has 1 aromatic carbocycles. The largest absolute Gasteiger partial charge is 0.501 e. The Morgan fingerprint density at radius 3 is 2.45 bits per heavy atom. The molecule has 0 saturated carbocycles. The molecule has 0 saturated heterocycles. The number of hydrogen-bond acceptors (Lipinski definition) is 2. The van der Waals surface area contributed by atoms with Crippen LogP contribution in [0.5, 0.6) is 0 Å². The molecule has 0 radical (unpaired) electrons. The van der Waals surface area contributed by atoms with E-state index in [0.29, 0.717) is 6.04 Å². The smallest absolute Gasteiger partial charge is 0.0876 e. The summed E-state index contributed by atoms with van der Waals surface area (Å²) in [6.45, 7) is 10.7. The molecule has 1 aliphatic rings. The highest BCUT2D eigenvalue weighted by Gasteiger charge is 2.21. The van der Waals surface area contributed by atoms with Gasteiger partial charge in [0.1, 0.15) is 0 Å². The van der Waals surface area contributed by atoms with E-state index < -0.39 is 0 Å². The molecule has 1 aromatic rings. The van der Waals surface area contributed by atoms with Crippen molar-refractivity contribution in [2.45, 2.75) is 53.0 Å². The maximum atomic E-state index is 5.57. The highest BCUT2D eigenvalue weighted by atomic mass is 16.5. The van der Waals surface area contributed by atoms with Gasteiger partial charge in [0.05, 0.1) is 18.9 Å². The number of ether oxygens (including phenoxy) is 1. The van der Waals surface area contributed by atoms with E-state index in [1.807, 2.05) is 6.26 Å². The van der Waals surface area contributed by atoms with E-state index in [1.54, 1.807) is 0 Å². The standard InChI is InChI=1S/C18H27NO/c1-5-8-19-18(16-7-6-9-20-12-16)17-14(3)10-13(2)11-15(17)4/h10-12,18-19H,5-9H2,1-4H3. The molecule has 0 spiro atoms. The quantitative estimate of drug-likeness (QED) is 0.861. The molecule has 0 aromatic heterocycles. The van der Waals surface area contributed by atoms with Crippen LogP contribution in [0.1, 0.15) is 54.5 Å². The summed E-state index contributed by atoms with van der Waals surface area (Å²) in [4.78, 5) is 0. The summed E-state index contributed by atoms with van der Waals surface area (Å²) in [7, 11) is 0. The van der Waals surface area contributed by atoms with Crippen LogP contribution in [-0.4, -0.2) is 13.2 Å². The first kappa shape index (κ1) is 15.1. The highest BCUT2D eigenvalue weighted by molar-refractivity contribution is 5.43. The molecule has 110 valence electrons. The Morgan fingerprint density at radius 1 is 1.20 bits per heavy atom. The third-order valence-electron chi connectivity index (χ3n) is 3.96. The molecule has 20 heavy (non-hydrogen) atoms. The Balaban J connectivity index is 2.38. The first-order valence-electron chi connectivity index (χ1n) is 7.75. The van der Waals surface area contributed by atoms with Crippen molar-refractivity contribution in [2.75, 3.05) is 13.2 Å². The molecule has 2 rings (SSSR count). The molecule has 2 nitrogen and oxygen atoms in total. The monoisotopic (exact) mass is 273 g/mol. The molecule has 1 atom stereocenters. The van der Waals surface area contributed by atoms with Gasteiger partial charge in [-0.25, -0.2) is 0 Å². The summed E-state index contributed by atoms with van der Waals surface area (Å²) in [5, 5.41) is 3.71. The van der Waals surface area contributed by atoms with E-state index in [1.165, 1.54) is 27.8 Å². The van der Waals surface area contributed by atoms with Gasteiger partial charge in [-0.3, -0.25) is 0 Å². The van der Waals surface area contributed by atoms with Gasteiger partial charge >= 0.3 is 0 Å². The SMILES string of the molecule is CCCNC(C1=COCCC1)c1c(C)cc(C)cc1C. The topological polar surface area (TPSA) is 21.3 Å². The van der Waals surface area contributed by atoms with E-state index in [4.69, 9.17) is 4.74 Å². The summed E-state index contributed by atoms with van der Waals surface area (Å²) >= 11 is 0. The van der Waals surface area contributed by atoms with E-state index in [0.717, 1.165) is 32.4 Å². The fourth-order valence-corrected chi connectivity index (χ4v) is 3.15. The van der Waals surface area contributed by atoms with Crippen molar-refractivity contribution in [3.05, 3.63) is 46.2 Å². The Morgan fingerprint density at radius 2 is 1.90 bits per heavy atom. The summed E-state index contributed by atoms with van der Waals surface area (Å²) in [5.41, 5.74) is 6.91. The van der Waals surface area contributed by atoms with E-state index in [2.05, 4.69) is 45.1 Å². The van der Waals surface area contributed by atoms with Crippen LogP contribution in [0, 0.1) is 20.8 Å². The maximum Gasteiger partial charge on any atom is 0.0876 e. The van der Waals surface area contributed by atoms with E-state index in [9.17, 15) is 0 Å². The predicted molar refractivity (Wildman–Crippen MR) is 85.0 cm³/mol. The number of hydrogen-bond donors (Lipinski definition) is 1. The van der Waals surface area contributed by atoms with Crippen molar-refractivity contribution in [1.82, 2.24) is 5.32 Å². The van der Waals surface area contributed by atoms with Crippen LogP contribution in [0.15, 0.2) is 24.0 Å². The van der Waals surface area contributed by atoms with Gasteiger partial charge in [-0.2, -0.15) is 0 Å². The molecule has 1 N–H and O–H groups in total. The maximum absolute atomic E-state index is 5.57. The van der Waals surface area contributed by atoms with Crippen molar-refractivity contribution in [1.29, 1.82) is 0 Å².